The van der Waals surface area contributed by atoms with Gasteiger partial charge in [-0.15, -0.1) is 0 Å². The highest BCUT2D eigenvalue weighted by molar-refractivity contribution is 9.10. The number of piperazine rings is 1. The number of likely N-dealkylation sites (N-methyl/N-ethyl adjacent to an activating group) is 1. The van der Waals surface area contributed by atoms with E-state index in [0.29, 0.717) is 22.7 Å². The van der Waals surface area contributed by atoms with Crippen molar-refractivity contribution in [3.05, 3.63) is 32.8 Å². The van der Waals surface area contributed by atoms with Crippen LogP contribution in [0.3, 0.4) is 0 Å². The predicted molar refractivity (Wildman–Crippen MR) is 87.8 cm³/mol. The number of benzene rings is 1. The van der Waals surface area contributed by atoms with E-state index in [1.807, 2.05) is 6.07 Å². The summed E-state index contributed by atoms with van der Waals surface area (Å²) in [6.07, 6.45) is 0. The van der Waals surface area contributed by atoms with Crippen molar-refractivity contribution in [2.45, 2.75) is 13.0 Å². The second kappa shape index (κ2) is 7.20. The Morgan fingerprint density at radius 2 is 2.05 bits per heavy atom. The molecule has 7 heteroatoms. The van der Waals surface area contributed by atoms with E-state index in [1.165, 1.54) is 6.07 Å². The molecule has 1 aromatic rings. The Kier molecular flexibility index (Phi) is 5.55. The smallest absolute Gasteiger partial charge is 0.293 e. The van der Waals surface area contributed by atoms with Gasteiger partial charge in [-0.25, -0.2) is 0 Å². The van der Waals surface area contributed by atoms with Gasteiger partial charge in [0, 0.05) is 49.3 Å². The van der Waals surface area contributed by atoms with Crippen molar-refractivity contribution in [1.82, 2.24) is 9.80 Å². The fraction of sp³-hybridized carbons (Fsp3) is 0.571. The Bertz CT molecular complexity index is 504. The van der Waals surface area contributed by atoms with E-state index < -0.39 is 0 Å². The number of hydrogen-bond acceptors (Lipinski definition) is 5. The van der Waals surface area contributed by atoms with E-state index in [4.69, 9.17) is 0 Å². The van der Waals surface area contributed by atoms with Crippen LogP contribution < -0.4 is 5.32 Å². The van der Waals surface area contributed by atoms with Crippen LogP contribution in [0, 0.1) is 10.1 Å². The molecule has 6 nitrogen and oxygen atoms in total. The third-order valence-corrected chi connectivity index (χ3v) is 4.40. The van der Waals surface area contributed by atoms with Crippen molar-refractivity contribution < 1.29 is 4.92 Å². The van der Waals surface area contributed by atoms with E-state index in [1.54, 1.807) is 6.07 Å². The van der Waals surface area contributed by atoms with Gasteiger partial charge in [0.25, 0.3) is 5.69 Å². The lowest BCUT2D eigenvalue weighted by Crippen LogP contribution is -2.49. The number of nitro benzene ring substituents is 1. The Labute approximate surface area is 133 Å². The zero-order valence-corrected chi connectivity index (χ0v) is 14.0. The van der Waals surface area contributed by atoms with Crippen LogP contribution in [0.1, 0.15) is 6.92 Å². The van der Waals surface area contributed by atoms with Gasteiger partial charge in [-0.05, 0) is 26.1 Å². The van der Waals surface area contributed by atoms with Crippen LogP contribution in [-0.2, 0) is 0 Å². The summed E-state index contributed by atoms with van der Waals surface area (Å²) in [5.41, 5.74) is 0.680. The van der Waals surface area contributed by atoms with Gasteiger partial charge in [0.2, 0.25) is 0 Å². The fourth-order valence-corrected chi connectivity index (χ4v) is 2.80. The maximum absolute atomic E-state index is 11.1. The van der Waals surface area contributed by atoms with Crippen LogP contribution in [-0.4, -0.2) is 60.5 Å². The van der Waals surface area contributed by atoms with Gasteiger partial charge in [0.05, 0.1) is 4.92 Å². The van der Waals surface area contributed by atoms with E-state index >= 15 is 0 Å². The molecular formula is C14H21BrN4O2. The lowest BCUT2D eigenvalue weighted by Gasteiger charge is -2.36. The number of anilines is 1. The average molecular weight is 357 g/mol. The number of hydrogen-bond donors (Lipinski definition) is 1. The first-order valence-electron chi connectivity index (χ1n) is 7.08. The van der Waals surface area contributed by atoms with Crippen molar-refractivity contribution in [3.8, 4) is 0 Å². The summed E-state index contributed by atoms with van der Waals surface area (Å²) >= 11 is 3.27. The molecule has 0 radical (unpaired) electrons. The molecule has 1 fully saturated rings. The maximum Gasteiger partial charge on any atom is 0.293 e. The second-order valence-electron chi connectivity index (χ2n) is 5.49. The summed E-state index contributed by atoms with van der Waals surface area (Å²) in [5, 5.41) is 14.3. The number of nitro groups is 1. The van der Waals surface area contributed by atoms with Gasteiger partial charge in [0.1, 0.15) is 5.69 Å². The first-order chi connectivity index (χ1) is 9.97. The Morgan fingerprint density at radius 1 is 1.38 bits per heavy atom. The Hall–Kier alpha value is -1.18. The normalized spacial score (nSPS) is 18.4. The number of nitrogens with one attached hydrogen (secondary N) is 1. The summed E-state index contributed by atoms with van der Waals surface area (Å²) in [7, 11) is 2.13. The van der Waals surface area contributed by atoms with Crippen molar-refractivity contribution in [2.24, 2.45) is 0 Å². The van der Waals surface area contributed by atoms with Gasteiger partial charge >= 0.3 is 0 Å². The minimum absolute atomic E-state index is 0.106. The summed E-state index contributed by atoms with van der Waals surface area (Å²) in [5.74, 6) is 0. The third-order valence-electron chi connectivity index (χ3n) is 3.91. The number of halogens is 1. The zero-order chi connectivity index (χ0) is 15.4. The van der Waals surface area contributed by atoms with E-state index in [2.05, 4.69) is 45.0 Å². The summed E-state index contributed by atoms with van der Waals surface area (Å²) in [6, 6.07) is 5.44. The standard InChI is InChI=1S/C14H21BrN4O2/c1-11(18-7-5-17(2)6-8-18)10-16-13-4-3-12(15)9-14(13)19(20)21/h3-4,9,11,16H,5-8,10H2,1-2H3. The molecule has 1 aromatic carbocycles. The second-order valence-corrected chi connectivity index (χ2v) is 6.40. The molecule has 2 rings (SSSR count). The molecule has 1 atom stereocenters. The number of rotatable bonds is 5. The fourth-order valence-electron chi connectivity index (χ4n) is 2.45. The molecule has 0 aromatic heterocycles. The Morgan fingerprint density at radius 3 is 2.67 bits per heavy atom. The highest BCUT2D eigenvalue weighted by Gasteiger charge is 2.20. The van der Waals surface area contributed by atoms with Gasteiger partial charge in [-0.3, -0.25) is 15.0 Å². The van der Waals surface area contributed by atoms with Crippen LogP contribution in [0.4, 0.5) is 11.4 Å². The highest BCUT2D eigenvalue weighted by Crippen LogP contribution is 2.28. The van der Waals surface area contributed by atoms with Gasteiger partial charge in [0.15, 0.2) is 0 Å². The van der Waals surface area contributed by atoms with Crippen LogP contribution >= 0.6 is 15.9 Å². The van der Waals surface area contributed by atoms with Gasteiger partial charge < -0.3 is 10.2 Å². The molecule has 0 saturated carbocycles. The molecule has 1 heterocycles. The minimum Gasteiger partial charge on any atom is -0.378 e. The van der Waals surface area contributed by atoms with Crippen molar-refractivity contribution in [2.75, 3.05) is 45.1 Å². The molecule has 0 spiro atoms. The topological polar surface area (TPSA) is 61.7 Å². The maximum atomic E-state index is 11.1. The average Bonchev–Trinajstić information content (AvgIpc) is 2.46. The SMILES string of the molecule is CC(CNc1ccc(Br)cc1[N+](=O)[O-])N1CCN(C)CC1. The monoisotopic (exact) mass is 356 g/mol. The lowest BCUT2D eigenvalue weighted by molar-refractivity contribution is -0.384. The molecule has 116 valence electrons. The molecule has 1 aliphatic heterocycles. The largest absolute Gasteiger partial charge is 0.378 e. The van der Waals surface area contributed by atoms with Gasteiger partial charge in [-0.2, -0.15) is 0 Å². The molecule has 0 aliphatic carbocycles. The highest BCUT2D eigenvalue weighted by atomic mass is 79.9. The predicted octanol–water partition coefficient (Wildman–Crippen LogP) is 2.41. The summed E-state index contributed by atoms with van der Waals surface area (Å²) in [6.45, 7) is 7.09. The van der Waals surface area contributed by atoms with Crippen LogP contribution in [0.25, 0.3) is 0 Å². The van der Waals surface area contributed by atoms with Crippen molar-refractivity contribution in [1.29, 1.82) is 0 Å². The van der Waals surface area contributed by atoms with E-state index in [9.17, 15) is 10.1 Å². The summed E-state index contributed by atoms with van der Waals surface area (Å²) in [4.78, 5) is 15.5. The molecular weight excluding hydrogens is 336 g/mol. The molecule has 21 heavy (non-hydrogen) atoms. The quantitative estimate of drug-likeness (QED) is 0.648. The minimum atomic E-state index is -0.354. The van der Waals surface area contributed by atoms with E-state index in [0.717, 1.165) is 26.2 Å². The Balaban J connectivity index is 1.95. The molecule has 0 amide bonds. The lowest BCUT2D eigenvalue weighted by atomic mass is 10.2. The zero-order valence-electron chi connectivity index (χ0n) is 12.4. The molecule has 0 bridgehead atoms. The van der Waals surface area contributed by atoms with E-state index in [-0.39, 0.29) is 10.6 Å². The first-order valence-corrected chi connectivity index (χ1v) is 7.87. The van der Waals surface area contributed by atoms with Crippen LogP contribution in [0.2, 0.25) is 0 Å². The number of nitrogens with zero attached hydrogens (tertiary/aromatic N) is 3. The molecule has 1 N–H and O–H groups in total. The van der Waals surface area contributed by atoms with Crippen molar-refractivity contribution >= 4 is 27.3 Å². The summed E-state index contributed by atoms with van der Waals surface area (Å²) < 4.78 is 0.715. The van der Waals surface area contributed by atoms with Crippen LogP contribution in [0.15, 0.2) is 22.7 Å². The molecule has 1 aliphatic rings. The van der Waals surface area contributed by atoms with Gasteiger partial charge in [-0.1, -0.05) is 15.9 Å². The first kappa shape index (κ1) is 16.2. The van der Waals surface area contributed by atoms with Crippen LogP contribution in [0.5, 0.6) is 0 Å². The third kappa shape index (κ3) is 4.39. The molecule has 1 saturated heterocycles. The molecule has 1 unspecified atom stereocenters. The van der Waals surface area contributed by atoms with Crippen molar-refractivity contribution in [3.63, 3.8) is 0 Å².